The lowest BCUT2D eigenvalue weighted by Gasteiger charge is -2.28. The van der Waals surface area contributed by atoms with Crippen molar-refractivity contribution in [2.75, 3.05) is 31.1 Å². The van der Waals surface area contributed by atoms with Crippen molar-refractivity contribution >= 4 is 11.6 Å². The number of nitrogens with two attached hydrogens (primary N) is 1. The number of rotatable bonds is 6. The van der Waals surface area contributed by atoms with Gasteiger partial charge in [-0.25, -0.2) is 4.39 Å². The van der Waals surface area contributed by atoms with E-state index in [2.05, 4.69) is 5.32 Å². The lowest BCUT2D eigenvalue weighted by Crippen LogP contribution is -2.40. The molecule has 2 rings (SSSR count). The average molecular weight is 281 g/mol. The van der Waals surface area contributed by atoms with Gasteiger partial charge < -0.3 is 21.1 Å². The molecular weight excluding hydrogens is 261 g/mol. The lowest BCUT2D eigenvalue weighted by atomic mass is 10.1. The van der Waals surface area contributed by atoms with Crippen LogP contribution in [0.2, 0.25) is 0 Å². The van der Waals surface area contributed by atoms with Gasteiger partial charge in [0, 0.05) is 19.1 Å². The summed E-state index contributed by atoms with van der Waals surface area (Å²) in [6.45, 7) is 1.84. The van der Waals surface area contributed by atoms with E-state index >= 15 is 0 Å². The first-order chi connectivity index (χ1) is 9.63. The minimum atomic E-state index is -0.791. The maximum atomic E-state index is 13.8. The summed E-state index contributed by atoms with van der Waals surface area (Å²) in [6, 6.07) is 4.71. The maximum absolute atomic E-state index is 13.8. The number of primary amides is 1. The molecule has 6 heteroatoms. The van der Waals surface area contributed by atoms with Gasteiger partial charge in [-0.1, -0.05) is 6.07 Å². The van der Waals surface area contributed by atoms with E-state index in [-0.39, 0.29) is 18.2 Å². The molecule has 1 aliphatic rings. The topological polar surface area (TPSA) is 78.6 Å². The highest BCUT2D eigenvalue weighted by Gasteiger charge is 2.22. The maximum Gasteiger partial charge on any atom is 0.253 e. The highest BCUT2D eigenvalue weighted by Crippen LogP contribution is 2.24. The fraction of sp³-hybridized carbons (Fsp3) is 0.500. The van der Waals surface area contributed by atoms with E-state index in [4.69, 9.17) is 5.73 Å². The predicted molar refractivity (Wildman–Crippen MR) is 75.2 cm³/mol. The fourth-order valence-corrected chi connectivity index (χ4v) is 2.63. The van der Waals surface area contributed by atoms with Gasteiger partial charge >= 0.3 is 0 Å². The van der Waals surface area contributed by atoms with E-state index in [1.165, 1.54) is 6.07 Å². The number of hydrogen-bond acceptors (Lipinski definition) is 4. The molecule has 1 amide bonds. The van der Waals surface area contributed by atoms with Crippen molar-refractivity contribution in [3.05, 3.63) is 29.6 Å². The number of carbonyl (C=O) groups excluding carboxylic acids is 1. The van der Waals surface area contributed by atoms with Crippen LogP contribution < -0.4 is 16.0 Å². The van der Waals surface area contributed by atoms with Crippen LogP contribution in [0.3, 0.4) is 0 Å². The Balaban J connectivity index is 2.28. The highest BCUT2D eigenvalue weighted by atomic mass is 19.1. The Labute approximate surface area is 117 Å². The first-order valence-corrected chi connectivity index (χ1v) is 6.81. The number of hydrogen-bond donors (Lipinski definition) is 3. The summed E-state index contributed by atoms with van der Waals surface area (Å²) < 4.78 is 13.8. The predicted octanol–water partition coefficient (Wildman–Crippen LogP) is 0.475. The molecule has 5 nitrogen and oxygen atoms in total. The Kier molecular flexibility index (Phi) is 4.92. The van der Waals surface area contributed by atoms with Gasteiger partial charge in [-0.15, -0.1) is 0 Å². The Morgan fingerprint density at radius 2 is 2.35 bits per heavy atom. The molecule has 0 bridgehead atoms. The molecule has 20 heavy (non-hydrogen) atoms. The zero-order chi connectivity index (χ0) is 14.5. The molecule has 110 valence electrons. The van der Waals surface area contributed by atoms with Crippen molar-refractivity contribution < 1.29 is 14.3 Å². The minimum Gasteiger partial charge on any atom is -0.395 e. The molecule has 0 radical (unpaired) electrons. The van der Waals surface area contributed by atoms with E-state index in [0.29, 0.717) is 18.8 Å². The summed E-state index contributed by atoms with van der Waals surface area (Å²) in [5.41, 5.74) is 5.61. The third kappa shape index (κ3) is 3.26. The molecule has 1 aliphatic heterocycles. The van der Waals surface area contributed by atoms with Crippen LogP contribution in [0.5, 0.6) is 0 Å². The van der Waals surface area contributed by atoms with Gasteiger partial charge in [0.2, 0.25) is 0 Å². The van der Waals surface area contributed by atoms with Crippen LogP contribution >= 0.6 is 0 Å². The second-order valence-electron chi connectivity index (χ2n) is 4.96. The molecule has 1 unspecified atom stereocenters. The van der Waals surface area contributed by atoms with Crippen LogP contribution in [0.15, 0.2) is 18.2 Å². The van der Waals surface area contributed by atoms with Gasteiger partial charge in [0.25, 0.3) is 5.91 Å². The van der Waals surface area contributed by atoms with Crippen LogP contribution in [0.1, 0.15) is 23.2 Å². The van der Waals surface area contributed by atoms with Crippen LogP contribution in [0.25, 0.3) is 0 Å². The van der Waals surface area contributed by atoms with Crippen LogP contribution in [-0.2, 0) is 0 Å². The van der Waals surface area contributed by atoms with Crippen molar-refractivity contribution in [2.45, 2.75) is 18.9 Å². The fourth-order valence-electron chi connectivity index (χ4n) is 2.63. The number of benzene rings is 1. The number of aliphatic hydroxyl groups excluding tert-OH is 1. The van der Waals surface area contributed by atoms with Gasteiger partial charge in [-0.05, 0) is 31.5 Å². The van der Waals surface area contributed by atoms with Gasteiger partial charge in [0.15, 0.2) is 0 Å². The zero-order valence-electron chi connectivity index (χ0n) is 11.3. The van der Waals surface area contributed by atoms with Crippen molar-refractivity contribution in [3.8, 4) is 0 Å². The number of aliphatic hydroxyl groups is 1. The van der Waals surface area contributed by atoms with Crippen LogP contribution in [-0.4, -0.2) is 43.3 Å². The summed E-state index contributed by atoms with van der Waals surface area (Å²) in [7, 11) is 0. The summed E-state index contributed by atoms with van der Waals surface area (Å²) in [5.74, 6) is -1.42. The number of halogens is 1. The summed E-state index contributed by atoms with van der Waals surface area (Å²) in [4.78, 5) is 13.3. The third-order valence-electron chi connectivity index (χ3n) is 3.55. The normalized spacial score (nSPS) is 18.2. The molecule has 1 saturated heterocycles. The van der Waals surface area contributed by atoms with Crippen molar-refractivity contribution in [2.24, 2.45) is 5.73 Å². The average Bonchev–Trinajstić information content (AvgIpc) is 2.90. The number of nitrogens with zero attached hydrogens (tertiary/aromatic N) is 1. The summed E-state index contributed by atoms with van der Waals surface area (Å²) in [5, 5.41) is 12.5. The number of carbonyl (C=O) groups is 1. The molecule has 0 spiro atoms. The van der Waals surface area contributed by atoms with Crippen molar-refractivity contribution in [3.63, 3.8) is 0 Å². The molecule has 1 aromatic rings. The first kappa shape index (κ1) is 14.7. The molecule has 1 atom stereocenters. The SMILES string of the molecule is NC(=O)c1c(F)cccc1N(CCO)CC1CCCN1. The number of anilines is 1. The molecule has 0 saturated carbocycles. The van der Waals surface area contributed by atoms with E-state index in [0.717, 1.165) is 19.4 Å². The molecule has 0 aliphatic carbocycles. The van der Waals surface area contributed by atoms with E-state index in [9.17, 15) is 14.3 Å². The number of nitrogens with one attached hydrogen (secondary N) is 1. The quantitative estimate of drug-likeness (QED) is 0.708. The molecule has 1 fully saturated rings. The molecule has 1 aromatic carbocycles. The monoisotopic (exact) mass is 281 g/mol. The Bertz CT molecular complexity index is 475. The van der Waals surface area contributed by atoms with E-state index in [1.54, 1.807) is 12.1 Å². The first-order valence-electron chi connectivity index (χ1n) is 6.81. The lowest BCUT2D eigenvalue weighted by molar-refractivity contribution is 0.0997. The zero-order valence-corrected chi connectivity index (χ0v) is 11.3. The van der Waals surface area contributed by atoms with E-state index in [1.807, 2.05) is 4.90 Å². The summed E-state index contributed by atoms with van der Waals surface area (Å²) >= 11 is 0. The second kappa shape index (κ2) is 6.67. The van der Waals surface area contributed by atoms with Gasteiger partial charge in [-0.2, -0.15) is 0 Å². The van der Waals surface area contributed by atoms with Crippen molar-refractivity contribution in [1.29, 1.82) is 0 Å². The van der Waals surface area contributed by atoms with Crippen molar-refractivity contribution in [1.82, 2.24) is 5.32 Å². The van der Waals surface area contributed by atoms with E-state index < -0.39 is 11.7 Å². The van der Waals surface area contributed by atoms with Crippen LogP contribution in [0.4, 0.5) is 10.1 Å². The Hall–Kier alpha value is -1.66. The van der Waals surface area contributed by atoms with Gasteiger partial charge in [-0.3, -0.25) is 4.79 Å². The highest BCUT2D eigenvalue weighted by molar-refractivity contribution is 5.99. The second-order valence-corrected chi connectivity index (χ2v) is 4.96. The molecule has 1 heterocycles. The number of amides is 1. The van der Waals surface area contributed by atoms with Gasteiger partial charge in [0.05, 0.1) is 17.9 Å². The Morgan fingerprint density at radius 1 is 1.55 bits per heavy atom. The van der Waals surface area contributed by atoms with Gasteiger partial charge in [0.1, 0.15) is 5.82 Å². The standard InChI is InChI=1S/C14H20FN3O2/c15-11-4-1-5-12(13(11)14(16)20)18(7-8-19)9-10-3-2-6-17-10/h1,4-5,10,17,19H,2-3,6-9H2,(H2,16,20). The van der Waals surface area contributed by atoms with Crippen LogP contribution in [0, 0.1) is 5.82 Å². The third-order valence-corrected chi connectivity index (χ3v) is 3.55. The Morgan fingerprint density at radius 3 is 2.95 bits per heavy atom. The largest absolute Gasteiger partial charge is 0.395 e. The summed E-state index contributed by atoms with van der Waals surface area (Å²) in [6.07, 6.45) is 2.13. The smallest absolute Gasteiger partial charge is 0.253 e. The molecule has 0 aromatic heterocycles. The molecular formula is C14H20FN3O2. The molecule has 4 N–H and O–H groups in total. The minimum absolute atomic E-state index is 0.0680.